The minimum Gasteiger partial charge on any atom is -0.493 e. The smallest absolute Gasteiger partial charge is 0.311 e. The Balaban J connectivity index is 1.72. The van der Waals surface area contributed by atoms with Crippen molar-refractivity contribution in [3.63, 3.8) is 0 Å². The van der Waals surface area contributed by atoms with Crippen LogP contribution in [0.5, 0.6) is 5.75 Å². The second-order valence-corrected chi connectivity index (χ2v) is 7.21. The van der Waals surface area contributed by atoms with Crippen LogP contribution in [0.1, 0.15) is 62.2 Å². The Labute approximate surface area is 165 Å². The van der Waals surface area contributed by atoms with Gasteiger partial charge in [-0.05, 0) is 38.3 Å². The van der Waals surface area contributed by atoms with Gasteiger partial charge in [-0.15, -0.1) is 0 Å². The number of carboxylic acids is 1. The molecule has 0 aromatic heterocycles. The molecule has 0 bridgehead atoms. The lowest BCUT2D eigenvalue weighted by Crippen LogP contribution is -2.44. The van der Waals surface area contributed by atoms with Crippen molar-refractivity contribution in [2.75, 3.05) is 19.7 Å². The number of benzene rings is 1. The molecule has 1 aliphatic carbocycles. The average molecular weight is 390 g/mol. The molecular formula is C21H30N2O5. The Morgan fingerprint density at radius 2 is 1.82 bits per heavy atom. The highest BCUT2D eigenvalue weighted by molar-refractivity contribution is 5.96. The summed E-state index contributed by atoms with van der Waals surface area (Å²) < 4.78 is 5.45. The Morgan fingerprint density at radius 3 is 2.50 bits per heavy atom. The summed E-state index contributed by atoms with van der Waals surface area (Å²) in [5, 5.41) is 15.1. The summed E-state index contributed by atoms with van der Waals surface area (Å²) in [4.78, 5) is 36.0. The third kappa shape index (κ3) is 5.97. The highest BCUT2D eigenvalue weighted by Gasteiger charge is 2.39. The SMILES string of the molecule is CCOc1ccccc1C(=O)NCCCC(=O)NCC1(C(=O)O)CCCCC1. The first-order valence-corrected chi connectivity index (χ1v) is 9.98. The maximum atomic E-state index is 12.3. The molecule has 7 heteroatoms. The van der Waals surface area contributed by atoms with Gasteiger partial charge in [0.2, 0.25) is 5.91 Å². The van der Waals surface area contributed by atoms with Crippen LogP contribution in [0.2, 0.25) is 0 Å². The van der Waals surface area contributed by atoms with Gasteiger partial charge in [-0.2, -0.15) is 0 Å². The van der Waals surface area contributed by atoms with Crippen LogP contribution >= 0.6 is 0 Å². The zero-order chi connectivity index (χ0) is 20.4. The molecule has 1 aromatic rings. The molecule has 7 nitrogen and oxygen atoms in total. The van der Waals surface area contributed by atoms with E-state index in [1.165, 1.54) is 0 Å². The third-order valence-corrected chi connectivity index (χ3v) is 5.19. The van der Waals surface area contributed by atoms with Crippen molar-refractivity contribution in [3.05, 3.63) is 29.8 Å². The van der Waals surface area contributed by atoms with Gasteiger partial charge in [0.05, 0.1) is 17.6 Å². The summed E-state index contributed by atoms with van der Waals surface area (Å²) in [6, 6.07) is 7.02. The molecule has 0 unspecified atom stereocenters. The largest absolute Gasteiger partial charge is 0.493 e. The van der Waals surface area contributed by atoms with E-state index in [2.05, 4.69) is 10.6 Å². The number of carboxylic acid groups (broad SMARTS) is 1. The van der Waals surface area contributed by atoms with E-state index in [-0.39, 0.29) is 24.8 Å². The van der Waals surface area contributed by atoms with Crippen LogP contribution in [0.15, 0.2) is 24.3 Å². The molecule has 0 aliphatic heterocycles. The topological polar surface area (TPSA) is 105 Å². The zero-order valence-electron chi connectivity index (χ0n) is 16.5. The minimum atomic E-state index is -0.828. The first-order valence-electron chi connectivity index (χ1n) is 9.98. The normalized spacial score (nSPS) is 15.5. The van der Waals surface area contributed by atoms with Crippen LogP contribution in [0.25, 0.3) is 0 Å². The van der Waals surface area contributed by atoms with Crippen LogP contribution in [-0.4, -0.2) is 42.6 Å². The Hall–Kier alpha value is -2.57. The fraction of sp³-hybridized carbons (Fsp3) is 0.571. The molecular weight excluding hydrogens is 360 g/mol. The van der Waals surface area contributed by atoms with Gasteiger partial charge in [-0.25, -0.2) is 0 Å². The molecule has 3 N–H and O–H groups in total. The van der Waals surface area contributed by atoms with Crippen LogP contribution in [0, 0.1) is 5.41 Å². The molecule has 1 aromatic carbocycles. The highest BCUT2D eigenvalue weighted by Crippen LogP contribution is 2.36. The number of nitrogens with one attached hydrogen (secondary N) is 2. The van der Waals surface area contributed by atoms with E-state index < -0.39 is 11.4 Å². The van der Waals surface area contributed by atoms with E-state index in [0.29, 0.717) is 43.7 Å². The second kappa shape index (κ2) is 10.7. The van der Waals surface area contributed by atoms with Crippen LogP contribution in [0.4, 0.5) is 0 Å². The van der Waals surface area contributed by atoms with Crippen molar-refractivity contribution in [2.45, 2.75) is 51.9 Å². The van der Waals surface area contributed by atoms with E-state index >= 15 is 0 Å². The van der Waals surface area contributed by atoms with E-state index in [0.717, 1.165) is 19.3 Å². The summed E-state index contributed by atoms with van der Waals surface area (Å²) in [7, 11) is 0. The molecule has 1 saturated carbocycles. The molecule has 0 saturated heterocycles. The first kappa shape index (κ1) is 21.7. The number of rotatable bonds is 10. The summed E-state index contributed by atoms with van der Waals surface area (Å²) in [5.74, 6) is -0.717. The van der Waals surface area contributed by atoms with Crippen LogP contribution < -0.4 is 15.4 Å². The average Bonchev–Trinajstić information content (AvgIpc) is 2.71. The summed E-state index contributed by atoms with van der Waals surface area (Å²) in [5.41, 5.74) is -0.361. The summed E-state index contributed by atoms with van der Waals surface area (Å²) >= 11 is 0. The molecule has 0 radical (unpaired) electrons. The van der Waals surface area contributed by atoms with Crippen molar-refractivity contribution in [2.24, 2.45) is 5.41 Å². The second-order valence-electron chi connectivity index (χ2n) is 7.21. The Morgan fingerprint density at radius 1 is 1.11 bits per heavy atom. The lowest BCUT2D eigenvalue weighted by Gasteiger charge is -2.33. The van der Waals surface area contributed by atoms with Crippen LogP contribution in [-0.2, 0) is 9.59 Å². The predicted octanol–water partition coefficient (Wildman–Crippen LogP) is 2.75. The van der Waals surface area contributed by atoms with Crippen molar-refractivity contribution in [1.29, 1.82) is 0 Å². The third-order valence-electron chi connectivity index (χ3n) is 5.19. The minimum absolute atomic E-state index is 0.176. The fourth-order valence-corrected chi connectivity index (χ4v) is 3.53. The predicted molar refractivity (Wildman–Crippen MR) is 105 cm³/mol. The summed E-state index contributed by atoms with van der Waals surface area (Å²) in [6.45, 7) is 2.86. The molecule has 2 amide bonds. The van der Waals surface area contributed by atoms with E-state index in [4.69, 9.17) is 4.74 Å². The van der Waals surface area contributed by atoms with Gasteiger partial charge in [0.25, 0.3) is 5.91 Å². The highest BCUT2D eigenvalue weighted by atomic mass is 16.5. The number of hydrogen-bond donors (Lipinski definition) is 3. The maximum Gasteiger partial charge on any atom is 0.311 e. The quantitative estimate of drug-likeness (QED) is 0.533. The number of amides is 2. The standard InChI is InChI=1S/C21H30N2O5/c1-2-28-17-10-5-4-9-16(17)19(25)22-14-8-11-18(24)23-15-21(20(26)27)12-6-3-7-13-21/h4-5,9-10H,2-3,6-8,11-15H2,1H3,(H,22,25)(H,23,24)(H,26,27). The number of carbonyl (C=O) groups excluding carboxylic acids is 2. The van der Waals surface area contributed by atoms with Gasteiger partial charge in [-0.3, -0.25) is 14.4 Å². The molecule has 28 heavy (non-hydrogen) atoms. The Kier molecular flexibility index (Phi) is 8.29. The molecule has 154 valence electrons. The van der Waals surface area contributed by atoms with Gasteiger partial charge >= 0.3 is 5.97 Å². The van der Waals surface area contributed by atoms with Gasteiger partial charge in [0.15, 0.2) is 0 Å². The van der Waals surface area contributed by atoms with Crippen molar-refractivity contribution in [1.82, 2.24) is 10.6 Å². The zero-order valence-corrected chi connectivity index (χ0v) is 16.5. The van der Waals surface area contributed by atoms with Gasteiger partial charge in [-0.1, -0.05) is 31.4 Å². The van der Waals surface area contributed by atoms with E-state index in [9.17, 15) is 19.5 Å². The molecule has 0 spiro atoms. The number of hydrogen-bond acceptors (Lipinski definition) is 4. The number of ether oxygens (including phenoxy) is 1. The summed E-state index contributed by atoms with van der Waals surface area (Å²) in [6.07, 6.45) is 4.76. The van der Waals surface area contributed by atoms with E-state index in [1.807, 2.05) is 13.0 Å². The molecule has 2 rings (SSSR count). The number of para-hydroxylation sites is 1. The number of aliphatic carboxylic acids is 1. The lowest BCUT2D eigenvalue weighted by atomic mass is 9.74. The molecule has 1 fully saturated rings. The van der Waals surface area contributed by atoms with Gasteiger partial charge < -0.3 is 20.5 Å². The molecule has 1 aliphatic rings. The molecule has 0 atom stereocenters. The molecule has 0 heterocycles. The maximum absolute atomic E-state index is 12.3. The lowest BCUT2D eigenvalue weighted by molar-refractivity contribution is -0.151. The fourth-order valence-electron chi connectivity index (χ4n) is 3.53. The monoisotopic (exact) mass is 390 g/mol. The van der Waals surface area contributed by atoms with Gasteiger partial charge in [0, 0.05) is 19.5 Å². The van der Waals surface area contributed by atoms with Crippen molar-refractivity contribution >= 4 is 17.8 Å². The van der Waals surface area contributed by atoms with Crippen LogP contribution in [0.3, 0.4) is 0 Å². The van der Waals surface area contributed by atoms with Crippen molar-refractivity contribution < 1.29 is 24.2 Å². The number of carbonyl (C=O) groups is 3. The van der Waals surface area contributed by atoms with Crippen molar-refractivity contribution in [3.8, 4) is 5.75 Å². The first-order chi connectivity index (χ1) is 13.5. The van der Waals surface area contributed by atoms with Gasteiger partial charge in [0.1, 0.15) is 5.75 Å². The van der Waals surface area contributed by atoms with E-state index in [1.54, 1.807) is 18.2 Å². The Bertz CT molecular complexity index is 683.